The zero-order chi connectivity index (χ0) is 32.6. The van der Waals surface area contributed by atoms with Crippen molar-refractivity contribution in [3.8, 4) is 5.75 Å². The van der Waals surface area contributed by atoms with Crippen molar-refractivity contribution in [2.45, 2.75) is 57.6 Å². The van der Waals surface area contributed by atoms with E-state index >= 15 is 0 Å². The number of ether oxygens (including phenoxy) is 1. The summed E-state index contributed by atoms with van der Waals surface area (Å²) < 4.78 is 34.9. The SMILES string of the molecule is COc1cccc(CN(C(=O)CN(c2cccc(C)c2)S(=O)(=O)c2ccc(C)cc2)[C@H](Cc2ccccc2)C(=O)NC(C)C)c1. The largest absolute Gasteiger partial charge is 0.497 e. The van der Waals surface area contributed by atoms with Gasteiger partial charge in [0, 0.05) is 19.0 Å². The average molecular weight is 628 g/mol. The van der Waals surface area contributed by atoms with Crippen molar-refractivity contribution >= 4 is 27.5 Å². The van der Waals surface area contributed by atoms with Crippen molar-refractivity contribution in [1.82, 2.24) is 10.2 Å². The Morgan fingerprint density at radius 2 is 1.47 bits per heavy atom. The molecule has 236 valence electrons. The Labute approximate surface area is 266 Å². The number of hydrogen-bond donors (Lipinski definition) is 1. The van der Waals surface area contributed by atoms with Crippen LogP contribution in [0.15, 0.2) is 108 Å². The zero-order valence-electron chi connectivity index (χ0n) is 26.4. The Morgan fingerprint density at radius 1 is 0.800 bits per heavy atom. The predicted octanol–water partition coefficient (Wildman–Crippen LogP) is 5.67. The van der Waals surface area contributed by atoms with Crippen LogP contribution in [0.4, 0.5) is 5.69 Å². The molecule has 45 heavy (non-hydrogen) atoms. The highest BCUT2D eigenvalue weighted by molar-refractivity contribution is 7.92. The normalized spacial score (nSPS) is 12.0. The smallest absolute Gasteiger partial charge is 0.264 e. The van der Waals surface area contributed by atoms with E-state index in [-0.39, 0.29) is 29.8 Å². The molecular formula is C36H41N3O5S. The molecule has 0 heterocycles. The standard InChI is InChI=1S/C36H41N3O5S/c1-26(2)37-36(41)34(23-29-12-7-6-8-13-29)38(24-30-14-10-16-32(22-30)44-5)35(40)25-39(31-15-9-11-28(4)21-31)45(42,43)33-19-17-27(3)18-20-33/h6-22,26,34H,23-25H2,1-5H3,(H,37,41)/t34-/m1/s1. The molecular weight excluding hydrogens is 586 g/mol. The molecule has 8 nitrogen and oxygen atoms in total. The van der Waals surface area contributed by atoms with Gasteiger partial charge in [0.1, 0.15) is 18.3 Å². The number of aryl methyl sites for hydroxylation is 2. The molecule has 0 saturated carbocycles. The number of methoxy groups -OCH3 is 1. The maximum Gasteiger partial charge on any atom is 0.264 e. The maximum atomic E-state index is 14.5. The number of carbonyl (C=O) groups excluding carboxylic acids is 2. The predicted molar refractivity (Wildman–Crippen MR) is 178 cm³/mol. The van der Waals surface area contributed by atoms with E-state index in [2.05, 4.69) is 5.32 Å². The Kier molecular flexibility index (Phi) is 11.0. The van der Waals surface area contributed by atoms with Crippen LogP contribution < -0.4 is 14.4 Å². The molecule has 0 aliphatic carbocycles. The molecule has 4 aromatic carbocycles. The first-order valence-corrected chi connectivity index (χ1v) is 16.3. The lowest BCUT2D eigenvalue weighted by molar-refractivity contribution is -0.140. The van der Waals surface area contributed by atoms with Crippen molar-refractivity contribution in [2.75, 3.05) is 18.0 Å². The number of amides is 2. The quantitative estimate of drug-likeness (QED) is 0.206. The molecule has 0 saturated heterocycles. The first-order valence-electron chi connectivity index (χ1n) is 14.9. The molecule has 2 amide bonds. The van der Waals surface area contributed by atoms with Gasteiger partial charge in [0.25, 0.3) is 10.0 Å². The summed E-state index contributed by atoms with van der Waals surface area (Å²) >= 11 is 0. The Morgan fingerprint density at radius 3 is 2.11 bits per heavy atom. The van der Waals surface area contributed by atoms with E-state index in [9.17, 15) is 18.0 Å². The average Bonchev–Trinajstić information content (AvgIpc) is 3.01. The summed E-state index contributed by atoms with van der Waals surface area (Å²) in [4.78, 5) is 29.9. The summed E-state index contributed by atoms with van der Waals surface area (Å²) in [6.07, 6.45) is 0.240. The van der Waals surface area contributed by atoms with E-state index in [1.54, 1.807) is 55.6 Å². The van der Waals surface area contributed by atoms with Gasteiger partial charge in [-0.05, 0) is 80.8 Å². The third-order valence-corrected chi connectivity index (χ3v) is 9.15. The molecule has 0 radical (unpaired) electrons. The molecule has 0 aliphatic heterocycles. The number of nitrogens with one attached hydrogen (secondary N) is 1. The Balaban J connectivity index is 1.82. The number of hydrogen-bond acceptors (Lipinski definition) is 5. The topological polar surface area (TPSA) is 96.0 Å². The second-order valence-electron chi connectivity index (χ2n) is 11.4. The van der Waals surface area contributed by atoms with Crippen LogP contribution in [0.25, 0.3) is 0 Å². The van der Waals surface area contributed by atoms with Gasteiger partial charge in [0.05, 0.1) is 17.7 Å². The molecule has 0 bridgehead atoms. The zero-order valence-corrected chi connectivity index (χ0v) is 27.3. The minimum atomic E-state index is -4.16. The van der Waals surface area contributed by atoms with Crippen molar-refractivity contribution in [1.29, 1.82) is 0 Å². The molecule has 0 fully saturated rings. The summed E-state index contributed by atoms with van der Waals surface area (Å²) in [5.74, 6) is -0.238. The minimum Gasteiger partial charge on any atom is -0.497 e. The summed E-state index contributed by atoms with van der Waals surface area (Å²) in [6, 6.07) is 29.2. The van der Waals surface area contributed by atoms with Gasteiger partial charge in [-0.25, -0.2) is 8.42 Å². The fourth-order valence-electron chi connectivity index (χ4n) is 5.05. The third-order valence-electron chi connectivity index (χ3n) is 7.37. The summed E-state index contributed by atoms with van der Waals surface area (Å²) in [7, 11) is -2.60. The van der Waals surface area contributed by atoms with E-state index in [1.165, 1.54) is 4.90 Å². The van der Waals surface area contributed by atoms with Crippen molar-refractivity contribution in [3.05, 3.63) is 125 Å². The van der Waals surface area contributed by atoms with E-state index in [0.29, 0.717) is 11.4 Å². The second-order valence-corrected chi connectivity index (χ2v) is 13.3. The fraction of sp³-hybridized carbons (Fsp3) is 0.278. The lowest BCUT2D eigenvalue weighted by atomic mass is 10.0. The minimum absolute atomic E-state index is 0.0608. The van der Waals surface area contributed by atoms with Crippen molar-refractivity contribution in [3.63, 3.8) is 0 Å². The fourth-order valence-corrected chi connectivity index (χ4v) is 6.46. The van der Waals surface area contributed by atoms with Gasteiger partial charge in [-0.2, -0.15) is 0 Å². The number of carbonyl (C=O) groups is 2. The van der Waals surface area contributed by atoms with Crippen LogP contribution in [0.3, 0.4) is 0 Å². The molecule has 4 aromatic rings. The summed E-state index contributed by atoms with van der Waals surface area (Å²) in [5.41, 5.74) is 3.72. The van der Waals surface area contributed by atoms with Gasteiger partial charge >= 0.3 is 0 Å². The lowest BCUT2D eigenvalue weighted by Crippen LogP contribution is -2.54. The molecule has 0 unspecified atom stereocenters. The Hall–Kier alpha value is -4.63. The maximum absolute atomic E-state index is 14.5. The second kappa shape index (κ2) is 14.9. The van der Waals surface area contributed by atoms with Gasteiger partial charge in [-0.1, -0.05) is 72.3 Å². The van der Waals surface area contributed by atoms with E-state index < -0.39 is 28.5 Å². The van der Waals surface area contributed by atoms with Gasteiger partial charge in [-0.15, -0.1) is 0 Å². The van der Waals surface area contributed by atoms with E-state index in [0.717, 1.165) is 26.6 Å². The number of rotatable bonds is 13. The highest BCUT2D eigenvalue weighted by Gasteiger charge is 2.35. The monoisotopic (exact) mass is 627 g/mol. The number of benzene rings is 4. The molecule has 0 aromatic heterocycles. The van der Waals surface area contributed by atoms with Crippen molar-refractivity contribution < 1.29 is 22.7 Å². The first kappa shape index (κ1) is 33.3. The summed E-state index contributed by atoms with van der Waals surface area (Å²) in [6.45, 7) is 7.01. The molecule has 0 aliphatic rings. The van der Waals surface area contributed by atoms with Crippen LogP contribution in [0.2, 0.25) is 0 Å². The van der Waals surface area contributed by atoms with Crippen LogP contribution in [-0.4, -0.2) is 50.9 Å². The lowest BCUT2D eigenvalue weighted by Gasteiger charge is -2.34. The molecule has 9 heteroatoms. The molecule has 1 N–H and O–H groups in total. The van der Waals surface area contributed by atoms with Crippen LogP contribution in [-0.2, 0) is 32.6 Å². The van der Waals surface area contributed by atoms with E-state index in [4.69, 9.17) is 4.74 Å². The summed E-state index contributed by atoms with van der Waals surface area (Å²) in [5, 5.41) is 2.97. The van der Waals surface area contributed by atoms with Gasteiger partial charge in [-0.3, -0.25) is 13.9 Å². The van der Waals surface area contributed by atoms with Crippen LogP contribution in [0, 0.1) is 13.8 Å². The van der Waals surface area contributed by atoms with Gasteiger partial charge < -0.3 is 15.0 Å². The highest BCUT2D eigenvalue weighted by atomic mass is 32.2. The van der Waals surface area contributed by atoms with Crippen LogP contribution in [0.1, 0.15) is 36.1 Å². The first-order chi connectivity index (χ1) is 21.5. The number of anilines is 1. The van der Waals surface area contributed by atoms with Crippen LogP contribution >= 0.6 is 0 Å². The Bertz CT molecular complexity index is 1710. The molecule has 4 rings (SSSR count). The number of sulfonamides is 1. The van der Waals surface area contributed by atoms with Crippen molar-refractivity contribution in [2.24, 2.45) is 0 Å². The highest BCUT2D eigenvalue weighted by Crippen LogP contribution is 2.26. The van der Waals surface area contributed by atoms with E-state index in [1.807, 2.05) is 82.3 Å². The van der Waals surface area contributed by atoms with Crippen LogP contribution in [0.5, 0.6) is 5.75 Å². The van der Waals surface area contributed by atoms with Gasteiger partial charge in [0.2, 0.25) is 11.8 Å². The molecule has 0 spiro atoms. The third kappa shape index (κ3) is 8.73. The molecule has 1 atom stereocenters. The number of nitrogens with zero attached hydrogens (tertiary/aromatic N) is 2. The van der Waals surface area contributed by atoms with Gasteiger partial charge in [0.15, 0.2) is 0 Å².